The first-order valence-electron chi connectivity index (χ1n) is 8.85. The SMILES string of the molecule is CC(=O)c1cccc(NC(=O)c2ccc(CN3CCCCC3)cc2)c1. The van der Waals surface area contributed by atoms with E-state index in [1.807, 2.05) is 24.3 Å². The van der Waals surface area contributed by atoms with Gasteiger partial charge in [-0.2, -0.15) is 0 Å². The minimum Gasteiger partial charge on any atom is -0.322 e. The summed E-state index contributed by atoms with van der Waals surface area (Å²) in [7, 11) is 0. The van der Waals surface area contributed by atoms with Crippen molar-refractivity contribution >= 4 is 17.4 Å². The van der Waals surface area contributed by atoms with Gasteiger partial charge in [0.15, 0.2) is 5.78 Å². The van der Waals surface area contributed by atoms with E-state index in [-0.39, 0.29) is 11.7 Å². The van der Waals surface area contributed by atoms with E-state index in [0.717, 1.165) is 19.6 Å². The molecule has 130 valence electrons. The van der Waals surface area contributed by atoms with Crippen molar-refractivity contribution < 1.29 is 9.59 Å². The van der Waals surface area contributed by atoms with E-state index in [0.29, 0.717) is 16.8 Å². The molecule has 2 aromatic carbocycles. The highest BCUT2D eigenvalue weighted by molar-refractivity contribution is 6.05. The Morgan fingerprint density at radius 1 is 0.960 bits per heavy atom. The summed E-state index contributed by atoms with van der Waals surface area (Å²) in [5.41, 5.74) is 3.08. The second kappa shape index (κ2) is 8.08. The van der Waals surface area contributed by atoms with Gasteiger partial charge in [-0.1, -0.05) is 30.7 Å². The van der Waals surface area contributed by atoms with Crippen LogP contribution in [0.4, 0.5) is 5.69 Å². The Morgan fingerprint density at radius 2 is 1.68 bits per heavy atom. The average Bonchev–Trinajstić information content (AvgIpc) is 2.63. The summed E-state index contributed by atoms with van der Waals surface area (Å²) >= 11 is 0. The summed E-state index contributed by atoms with van der Waals surface area (Å²) in [5.74, 6) is -0.177. The molecule has 0 radical (unpaired) electrons. The lowest BCUT2D eigenvalue weighted by Crippen LogP contribution is -2.29. The van der Waals surface area contributed by atoms with Crippen molar-refractivity contribution in [2.45, 2.75) is 32.7 Å². The summed E-state index contributed by atoms with van der Waals surface area (Å²) in [4.78, 5) is 26.3. The zero-order chi connectivity index (χ0) is 17.6. The number of ketones is 1. The van der Waals surface area contributed by atoms with Crippen molar-refractivity contribution in [3.8, 4) is 0 Å². The predicted molar refractivity (Wildman–Crippen MR) is 100.0 cm³/mol. The minimum absolute atomic E-state index is 0.0156. The number of nitrogens with one attached hydrogen (secondary N) is 1. The first-order chi connectivity index (χ1) is 12.1. The molecule has 0 saturated carbocycles. The van der Waals surface area contributed by atoms with Crippen molar-refractivity contribution in [2.75, 3.05) is 18.4 Å². The molecular formula is C21H24N2O2. The summed E-state index contributed by atoms with van der Waals surface area (Å²) in [6.45, 7) is 4.79. The zero-order valence-corrected chi connectivity index (χ0v) is 14.6. The Morgan fingerprint density at radius 3 is 2.36 bits per heavy atom. The van der Waals surface area contributed by atoms with Gasteiger partial charge in [0.25, 0.3) is 5.91 Å². The van der Waals surface area contributed by atoms with Crippen LogP contribution in [0.15, 0.2) is 48.5 Å². The van der Waals surface area contributed by atoms with Gasteiger partial charge in [0.2, 0.25) is 0 Å². The summed E-state index contributed by atoms with van der Waals surface area (Å²) in [6, 6.07) is 14.8. The van der Waals surface area contributed by atoms with Gasteiger partial charge >= 0.3 is 0 Å². The highest BCUT2D eigenvalue weighted by Crippen LogP contribution is 2.15. The molecule has 25 heavy (non-hydrogen) atoms. The largest absolute Gasteiger partial charge is 0.322 e. The molecule has 1 aliphatic heterocycles. The van der Waals surface area contributed by atoms with Crippen LogP contribution in [0.2, 0.25) is 0 Å². The van der Waals surface area contributed by atoms with Crippen LogP contribution in [0, 0.1) is 0 Å². The molecule has 1 heterocycles. The third kappa shape index (κ3) is 4.77. The number of anilines is 1. The number of hydrogen-bond donors (Lipinski definition) is 1. The van der Waals surface area contributed by atoms with Crippen LogP contribution < -0.4 is 5.32 Å². The molecule has 3 rings (SSSR count). The van der Waals surface area contributed by atoms with Gasteiger partial charge in [0, 0.05) is 23.4 Å². The fraction of sp³-hybridized carbons (Fsp3) is 0.333. The molecular weight excluding hydrogens is 312 g/mol. The fourth-order valence-corrected chi connectivity index (χ4v) is 3.16. The van der Waals surface area contributed by atoms with Gasteiger partial charge in [-0.15, -0.1) is 0 Å². The maximum absolute atomic E-state index is 12.4. The lowest BCUT2D eigenvalue weighted by Gasteiger charge is -2.26. The molecule has 0 bridgehead atoms. The lowest BCUT2D eigenvalue weighted by atomic mass is 10.1. The Kier molecular flexibility index (Phi) is 5.61. The lowest BCUT2D eigenvalue weighted by molar-refractivity contribution is 0.101. The number of carbonyl (C=O) groups excluding carboxylic acids is 2. The van der Waals surface area contributed by atoms with Crippen LogP contribution in [0.25, 0.3) is 0 Å². The molecule has 1 saturated heterocycles. The first-order valence-corrected chi connectivity index (χ1v) is 8.85. The Labute approximate surface area is 148 Å². The van der Waals surface area contributed by atoms with E-state index in [1.165, 1.54) is 31.7 Å². The second-order valence-corrected chi connectivity index (χ2v) is 6.62. The number of amides is 1. The molecule has 0 atom stereocenters. The molecule has 1 amide bonds. The molecule has 0 aliphatic carbocycles. The number of piperidine rings is 1. The zero-order valence-electron chi connectivity index (χ0n) is 14.6. The van der Waals surface area contributed by atoms with Gasteiger partial charge < -0.3 is 5.32 Å². The average molecular weight is 336 g/mol. The standard InChI is InChI=1S/C21H24N2O2/c1-16(24)19-6-5-7-20(14-19)22-21(25)18-10-8-17(9-11-18)15-23-12-3-2-4-13-23/h5-11,14H,2-4,12-13,15H2,1H3,(H,22,25). The van der Waals surface area contributed by atoms with E-state index >= 15 is 0 Å². The molecule has 4 nitrogen and oxygen atoms in total. The summed E-state index contributed by atoms with van der Waals surface area (Å²) in [5, 5.41) is 2.85. The van der Waals surface area contributed by atoms with Crippen molar-refractivity contribution in [1.82, 2.24) is 4.90 Å². The molecule has 0 unspecified atom stereocenters. The Hall–Kier alpha value is -2.46. The number of hydrogen-bond acceptors (Lipinski definition) is 3. The quantitative estimate of drug-likeness (QED) is 0.835. The topological polar surface area (TPSA) is 49.4 Å². The maximum atomic E-state index is 12.4. The van der Waals surface area contributed by atoms with Crippen molar-refractivity contribution in [1.29, 1.82) is 0 Å². The predicted octanol–water partition coefficient (Wildman–Crippen LogP) is 4.13. The molecule has 1 aliphatic rings. The molecule has 1 fully saturated rings. The number of Topliss-reactive ketones (excluding diaryl/α,β-unsaturated/α-hetero) is 1. The molecule has 4 heteroatoms. The monoisotopic (exact) mass is 336 g/mol. The molecule has 0 spiro atoms. The van der Waals surface area contributed by atoms with Crippen molar-refractivity contribution in [2.24, 2.45) is 0 Å². The van der Waals surface area contributed by atoms with Crippen molar-refractivity contribution in [3.63, 3.8) is 0 Å². The van der Waals surface area contributed by atoms with E-state index in [9.17, 15) is 9.59 Å². The van der Waals surface area contributed by atoms with Crippen LogP contribution in [0.5, 0.6) is 0 Å². The second-order valence-electron chi connectivity index (χ2n) is 6.62. The Balaban J connectivity index is 1.62. The van der Waals surface area contributed by atoms with Crippen LogP contribution >= 0.6 is 0 Å². The van der Waals surface area contributed by atoms with E-state index in [4.69, 9.17) is 0 Å². The van der Waals surface area contributed by atoms with Gasteiger partial charge in [-0.25, -0.2) is 0 Å². The molecule has 2 aromatic rings. The van der Waals surface area contributed by atoms with Crippen LogP contribution in [0.3, 0.4) is 0 Å². The van der Waals surface area contributed by atoms with E-state index < -0.39 is 0 Å². The third-order valence-corrected chi connectivity index (χ3v) is 4.60. The highest BCUT2D eigenvalue weighted by Gasteiger charge is 2.11. The van der Waals surface area contributed by atoms with Crippen LogP contribution in [-0.4, -0.2) is 29.7 Å². The van der Waals surface area contributed by atoms with E-state index in [2.05, 4.69) is 10.2 Å². The van der Waals surface area contributed by atoms with Gasteiger partial charge in [-0.3, -0.25) is 14.5 Å². The summed E-state index contributed by atoms with van der Waals surface area (Å²) < 4.78 is 0. The Bertz CT molecular complexity index is 747. The maximum Gasteiger partial charge on any atom is 0.255 e. The van der Waals surface area contributed by atoms with Gasteiger partial charge in [0.05, 0.1) is 0 Å². The number of rotatable bonds is 5. The summed E-state index contributed by atoms with van der Waals surface area (Å²) in [6.07, 6.45) is 3.89. The molecule has 1 N–H and O–H groups in total. The van der Waals surface area contributed by atoms with E-state index in [1.54, 1.807) is 24.3 Å². The highest BCUT2D eigenvalue weighted by atomic mass is 16.1. The molecule has 0 aromatic heterocycles. The third-order valence-electron chi connectivity index (χ3n) is 4.60. The van der Waals surface area contributed by atoms with Gasteiger partial charge in [-0.05, 0) is 62.7 Å². The number of nitrogens with zero attached hydrogens (tertiary/aromatic N) is 1. The smallest absolute Gasteiger partial charge is 0.255 e. The fourth-order valence-electron chi connectivity index (χ4n) is 3.16. The van der Waals surface area contributed by atoms with Crippen LogP contribution in [0.1, 0.15) is 52.5 Å². The number of benzene rings is 2. The number of carbonyl (C=O) groups is 2. The first kappa shape index (κ1) is 17.4. The number of likely N-dealkylation sites (tertiary alicyclic amines) is 1. The minimum atomic E-state index is -0.162. The van der Waals surface area contributed by atoms with Gasteiger partial charge in [0.1, 0.15) is 0 Å². The van der Waals surface area contributed by atoms with Crippen molar-refractivity contribution in [3.05, 3.63) is 65.2 Å². The van der Waals surface area contributed by atoms with Crippen LogP contribution in [-0.2, 0) is 6.54 Å². The normalized spacial score (nSPS) is 14.9.